The van der Waals surface area contributed by atoms with Gasteiger partial charge in [0.1, 0.15) is 0 Å². The predicted molar refractivity (Wildman–Crippen MR) is 39.9 cm³/mol. The molecule has 0 amide bonds. The number of aromatic nitrogens is 2. The van der Waals surface area contributed by atoms with Gasteiger partial charge in [0.05, 0.1) is 0 Å². The van der Waals surface area contributed by atoms with Crippen LogP contribution in [0.2, 0.25) is 0 Å². The van der Waals surface area contributed by atoms with Crippen LogP contribution in [0.5, 0.6) is 0 Å². The fourth-order valence-corrected chi connectivity index (χ4v) is 1.26. The van der Waals surface area contributed by atoms with E-state index in [1.54, 1.807) is 0 Å². The van der Waals surface area contributed by atoms with Crippen molar-refractivity contribution in [1.82, 2.24) is 10.2 Å². The van der Waals surface area contributed by atoms with Crippen molar-refractivity contribution in [2.75, 3.05) is 5.73 Å². The molecule has 9 heteroatoms. The van der Waals surface area contributed by atoms with Crippen molar-refractivity contribution in [1.29, 1.82) is 0 Å². The van der Waals surface area contributed by atoms with Crippen LogP contribution in [-0.2, 0) is 5.79 Å². The maximum atomic E-state index is 5.63. The van der Waals surface area contributed by atoms with Crippen molar-refractivity contribution >= 4 is 16.5 Å². The highest BCUT2D eigenvalue weighted by molar-refractivity contribution is 7.15. The molecule has 1 aliphatic heterocycles. The van der Waals surface area contributed by atoms with Crippen LogP contribution in [0.4, 0.5) is 5.13 Å². The molecule has 0 saturated heterocycles. The van der Waals surface area contributed by atoms with Crippen LogP contribution in [0, 0.1) is 0 Å². The molecule has 4 N–H and O–H groups in total. The minimum Gasteiger partial charge on any atom is -0.374 e. The van der Waals surface area contributed by atoms with Crippen molar-refractivity contribution in [3.8, 4) is 0 Å². The van der Waals surface area contributed by atoms with Gasteiger partial charge in [0.2, 0.25) is 5.13 Å². The molecule has 0 aromatic carbocycles. The van der Waals surface area contributed by atoms with Gasteiger partial charge in [-0.2, -0.15) is 0 Å². The Hall–Kier alpha value is -1.48. The Morgan fingerprint density at radius 1 is 1.17 bits per heavy atom. The van der Waals surface area contributed by atoms with Gasteiger partial charge in [-0.25, -0.2) is 0 Å². The van der Waals surface area contributed by atoms with Crippen LogP contribution in [0.1, 0.15) is 5.01 Å². The van der Waals surface area contributed by atoms with Crippen LogP contribution in [0.3, 0.4) is 0 Å². The van der Waals surface area contributed by atoms with E-state index in [2.05, 4.69) is 30.9 Å². The van der Waals surface area contributed by atoms with Crippen LogP contribution >= 0.6 is 11.3 Å². The highest BCUT2D eigenvalue weighted by atomic mass is 32.1. The fraction of sp³-hybridized carbons (Fsp3) is 0.333. The molecule has 0 fully saturated rings. The largest absolute Gasteiger partial charge is 0.374 e. The molecule has 62 valence electrons. The molecule has 0 unspecified atom stereocenters. The zero-order valence-electron chi connectivity index (χ0n) is 5.75. The van der Waals surface area contributed by atoms with Crippen molar-refractivity contribution < 1.29 is 0 Å². The third-order valence-corrected chi connectivity index (χ3v) is 2.06. The Morgan fingerprint density at radius 3 is 2.33 bits per heavy atom. The summed E-state index contributed by atoms with van der Waals surface area (Å²) in [6.45, 7) is 0. The van der Waals surface area contributed by atoms with Gasteiger partial charge in [0, 0.05) is 0 Å². The number of nitrogen functional groups attached to an aromatic ring is 1. The Morgan fingerprint density at radius 2 is 1.83 bits per heavy atom. The van der Waals surface area contributed by atoms with Gasteiger partial charge in [0.15, 0.2) is 5.01 Å². The SMILES string of the molecule is Nc1nnc(C2(N)N=NN=N2)s1. The lowest BCUT2D eigenvalue weighted by molar-refractivity contribution is 0.480. The number of hydrogen-bond donors (Lipinski definition) is 2. The third-order valence-electron chi connectivity index (χ3n) is 1.19. The summed E-state index contributed by atoms with van der Waals surface area (Å²) >= 11 is 1.11. The van der Waals surface area contributed by atoms with E-state index in [4.69, 9.17) is 11.5 Å². The average Bonchev–Trinajstić information content (AvgIpc) is 2.59. The molecule has 8 nitrogen and oxygen atoms in total. The van der Waals surface area contributed by atoms with Gasteiger partial charge in [0.25, 0.3) is 5.79 Å². The highest BCUT2D eigenvalue weighted by Crippen LogP contribution is 2.29. The Kier molecular flexibility index (Phi) is 1.35. The Labute approximate surface area is 70.4 Å². The summed E-state index contributed by atoms with van der Waals surface area (Å²) in [5, 5.41) is 21.6. The van der Waals surface area contributed by atoms with Gasteiger partial charge >= 0.3 is 0 Å². The normalized spacial score (nSPS) is 18.8. The second-order valence-electron chi connectivity index (χ2n) is 2.05. The molecule has 0 aliphatic carbocycles. The van der Waals surface area contributed by atoms with Gasteiger partial charge < -0.3 is 5.73 Å². The number of hydrogen-bond acceptors (Lipinski definition) is 9. The van der Waals surface area contributed by atoms with Gasteiger partial charge in [-0.15, -0.1) is 20.4 Å². The van der Waals surface area contributed by atoms with E-state index < -0.39 is 5.79 Å². The highest BCUT2D eigenvalue weighted by Gasteiger charge is 2.34. The molecule has 1 aliphatic rings. The smallest absolute Gasteiger partial charge is 0.298 e. The zero-order chi connectivity index (χ0) is 8.60. The first-order valence-electron chi connectivity index (χ1n) is 2.93. The van der Waals surface area contributed by atoms with E-state index in [0.29, 0.717) is 10.1 Å². The zero-order valence-corrected chi connectivity index (χ0v) is 6.56. The fourth-order valence-electron chi connectivity index (χ4n) is 0.665. The van der Waals surface area contributed by atoms with E-state index in [1.807, 2.05) is 0 Å². The van der Waals surface area contributed by atoms with E-state index in [0.717, 1.165) is 11.3 Å². The topological polar surface area (TPSA) is 127 Å². The lowest BCUT2D eigenvalue weighted by Gasteiger charge is -2.06. The van der Waals surface area contributed by atoms with E-state index in [9.17, 15) is 0 Å². The van der Waals surface area contributed by atoms with Crippen LogP contribution in [-0.4, -0.2) is 10.2 Å². The van der Waals surface area contributed by atoms with Crippen molar-refractivity contribution in [3.05, 3.63) is 5.01 Å². The number of rotatable bonds is 1. The maximum Gasteiger partial charge on any atom is 0.298 e. The van der Waals surface area contributed by atoms with Crippen LogP contribution in [0.25, 0.3) is 0 Å². The van der Waals surface area contributed by atoms with Gasteiger partial charge in [-0.1, -0.05) is 11.3 Å². The number of nitrogens with zero attached hydrogens (tertiary/aromatic N) is 6. The monoisotopic (exact) mass is 184 g/mol. The minimum atomic E-state index is -1.31. The molecule has 1 aromatic heterocycles. The summed E-state index contributed by atoms with van der Waals surface area (Å²) in [5.74, 6) is -1.31. The molecule has 0 saturated carbocycles. The van der Waals surface area contributed by atoms with E-state index in [-0.39, 0.29) is 0 Å². The molecule has 0 spiro atoms. The standard InChI is InChI=1S/C3H4N8S/c4-2-7-6-1(12-2)3(5)8-10-11-9-3/h5H2,(H2,4,7). The lowest BCUT2D eigenvalue weighted by Crippen LogP contribution is -2.29. The number of anilines is 1. The molecule has 2 rings (SSSR count). The summed E-state index contributed by atoms with van der Waals surface area (Å²) < 4.78 is 0. The minimum absolute atomic E-state index is 0.312. The molecule has 0 bridgehead atoms. The number of nitrogens with two attached hydrogens (primary N) is 2. The van der Waals surface area contributed by atoms with Crippen molar-refractivity contribution in [2.45, 2.75) is 5.79 Å². The van der Waals surface area contributed by atoms with E-state index >= 15 is 0 Å². The quantitative estimate of drug-likeness (QED) is 0.637. The van der Waals surface area contributed by atoms with Gasteiger partial charge in [-0.05, 0) is 10.4 Å². The van der Waals surface area contributed by atoms with Gasteiger partial charge in [-0.3, -0.25) is 5.73 Å². The first-order valence-corrected chi connectivity index (χ1v) is 3.75. The average molecular weight is 184 g/mol. The predicted octanol–water partition coefficient (Wildman–Crippen LogP) is 0.0223. The second kappa shape index (κ2) is 2.25. The molecule has 0 radical (unpaired) electrons. The summed E-state index contributed by atoms with van der Waals surface area (Å²) in [6, 6.07) is 0. The summed E-state index contributed by atoms with van der Waals surface area (Å²) in [5.41, 5.74) is 11.0. The van der Waals surface area contributed by atoms with Crippen molar-refractivity contribution in [3.63, 3.8) is 0 Å². The molecule has 1 aromatic rings. The van der Waals surface area contributed by atoms with Crippen molar-refractivity contribution in [2.24, 2.45) is 26.4 Å². The van der Waals surface area contributed by atoms with E-state index in [1.165, 1.54) is 0 Å². The first-order chi connectivity index (χ1) is 5.71. The summed E-state index contributed by atoms with van der Waals surface area (Å²) in [7, 11) is 0. The molecular formula is C3H4N8S. The summed E-state index contributed by atoms with van der Waals surface area (Å²) in [6.07, 6.45) is 0. The van der Waals surface area contributed by atoms with Crippen LogP contribution in [0.15, 0.2) is 20.7 Å². The lowest BCUT2D eigenvalue weighted by atomic mass is 10.4. The molecule has 2 heterocycles. The van der Waals surface area contributed by atoms with Crippen LogP contribution < -0.4 is 11.5 Å². The Balaban J connectivity index is 2.42. The molecular weight excluding hydrogens is 180 g/mol. The second-order valence-corrected chi connectivity index (χ2v) is 3.06. The third kappa shape index (κ3) is 0.950. The Bertz CT molecular complexity index is 339. The molecule has 12 heavy (non-hydrogen) atoms. The summed E-state index contributed by atoms with van der Waals surface area (Å²) in [4.78, 5) is 0. The first kappa shape index (κ1) is 7.18. The molecule has 0 atom stereocenters. The maximum absolute atomic E-state index is 5.63.